The molecule has 0 radical (unpaired) electrons. The van der Waals surface area contributed by atoms with Crippen molar-refractivity contribution in [2.45, 2.75) is 120 Å². The summed E-state index contributed by atoms with van der Waals surface area (Å²) in [4.78, 5) is 21.1. The van der Waals surface area contributed by atoms with Gasteiger partial charge in [0, 0.05) is 31.8 Å². The molecule has 2 amide bonds. The van der Waals surface area contributed by atoms with Crippen LogP contribution in [0.1, 0.15) is 109 Å². The number of benzene rings is 1. The molecule has 3 aliphatic carbocycles. The number of unbranched alkanes of at least 4 members (excludes halogenated alkanes) is 1. The molecule has 1 aliphatic heterocycles. The number of carbonyl (C=O) groups excluding carboxylic acids is 1. The minimum absolute atomic E-state index is 0.0102. The van der Waals surface area contributed by atoms with Crippen molar-refractivity contribution in [3.8, 4) is 0 Å². The van der Waals surface area contributed by atoms with E-state index >= 15 is 0 Å². The molecule has 212 valence electrons. The molecule has 5 heteroatoms. The Bertz CT molecular complexity index is 898. The summed E-state index contributed by atoms with van der Waals surface area (Å²) in [5.74, 6) is 0.701. The lowest BCUT2D eigenvalue weighted by Gasteiger charge is -2.51. The van der Waals surface area contributed by atoms with E-state index in [0.29, 0.717) is 11.9 Å². The molecular weight excluding hydrogens is 470 g/mol. The van der Waals surface area contributed by atoms with E-state index in [-0.39, 0.29) is 16.7 Å². The van der Waals surface area contributed by atoms with E-state index in [0.717, 1.165) is 77.6 Å². The molecule has 1 aromatic carbocycles. The quantitative estimate of drug-likeness (QED) is 0.288. The fraction of sp³-hybridized carbons (Fsp3) is 0.788. The fourth-order valence-corrected chi connectivity index (χ4v) is 8.00. The van der Waals surface area contributed by atoms with Crippen LogP contribution < -0.4 is 0 Å². The Kier molecular flexibility index (Phi) is 8.74. The lowest BCUT2D eigenvalue weighted by molar-refractivity contribution is -0.0790. The van der Waals surface area contributed by atoms with Gasteiger partial charge in [0.05, 0.1) is 11.1 Å². The van der Waals surface area contributed by atoms with Gasteiger partial charge in [0.15, 0.2) is 0 Å². The maximum Gasteiger partial charge on any atom is 0.320 e. The van der Waals surface area contributed by atoms with Crippen LogP contribution in [-0.4, -0.2) is 72.2 Å². The normalized spacial score (nSPS) is 29.8. The SMILES string of the molecule is CCCCOC1(CCN2C[C@]3(CC[C@](c4ccccc4)(N(C)C)CC3)N(CC3CCC3)C2=O)CCCCC1. The van der Waals surface area contributed by atoms with E-state index in [2.05, 4.69) is 66.1 Å². The Morgan fingerprint density at radius 2 is 1.66 bits per heavy atom. The molecule has 0 aromatic heterocycles. The minimum atomic E-state index is -0.0117. The average Bonchev–Trinajstić information content (AvgIpc) is 3.16. The summed E-state index contributed by atoms with van der Waals surface area (Å²) in [6.45, 7) is 5.83. The third-order valence-electron chi connectivity index (χ3n) is 10.9. The fourth-order valence-electron chi connectivity index (χ4n) is 8.00. The molecule has 4 aliphatic rings. The lowest BCUT2D eigenvalue weighted by Crippen LogP contribution is -2.56. The van der Waals surface area contributed by atoms with E-state index < -0.39 is 0 Å². The summed E-state index contributed by atoms with van der Waals surface area (Å²) in [5.41, 5.74) is 1.46. The van der Waals surface area contributed by atoms with Crippen molar-refractivity contribution in [2.75, 3.05) is 40.3 Å². The Morgan fingerprint density at radius 3 is 2.26 bits per heavy atom. The monoisotopic (exact) mass is 523 g/mol. The first kappa shape index (κ1) is 28.0. The summed E-state index contributed by atoms with van der Waals surface area (Å²) < 4.78 is 6.61. The molecule has 5 rings (SSSR count). The maximum atomic E-state index is 14.1. The second-order valence-corrected chi connectivity index (χ2v) is 13.3. The molecule has 1 spiro atoms. The van der Waals surface area contributed by atoms with Gasteiger partial charge in [-0.15, -0.1) is 0 Å². The summed E-state index contributed by atoms with van der Waals surface area (Å²) in [6, 6.07) is 11.4. The molecule has 4 fully saturated rings. The van der Waals surface area contributed by atoms with Gasteiger partial charge in [0.2, 0.25) is 0 Å². The zero-order valence-electron chi connectivity index (χ0n) is 24.6. The largest absolute Gasteiger partial charge is 0.375 e. The number of ether oxygens (including phenoxy) is 1. The predicted molar refractivity (Wildman–Crippen MR) is 155 cm³/mol. The van der Waals surface area contributed by atoms with Crippen LogP contribution in [0.25, 0.3) is 0 Å². The van der Waals surface area contributed by atoms with Crippen LogP contribution in [0.2, 0.25) is 0 Å². The van der Waals surface area contributed by atoms with Crippen LogP contribution in [0.3, 0.4) is 0 Å². The van der Waals surface area contributed by atoms with E-state index in [4.69, 9.17) is 4.74 Å². The van der Waals surface area contributed by atoms with Crippen LogP contribution in [-0.2, 0) is 10.3 Å². The predicted octanol–water partition coefficient (Wildman–Crippen LogP) is 7.20. The average molecular weight is 524 g/mol. The smallest absolute Gasteiger partial charge is 0.320 e. The number of nitrogens with zero attached hydrogens (tertiary/aromatic N) is 3. The van der Waals surface area contributed by atoms with Gasteiger partial charge in [-0.2, -0.15) is 0 Å². The number of hydrogen-bond donors (Lipinski definition) is 0. The number of urea groups is 1. The number of amides is 2. The van der Waals surface area contributed by atoms with Gasteiger partial charge in [0.25, 0.3) is 0 Å². The Morgan fingerprint density at radius 1 is 0.947 bits per heavy atom. The number of rotatable bonds is 11. The van der Waals surface area contributed by atoms with Gasteiger partial charge in [0.1, 0.15) is 0 Å². The molecule has 0 atom stereocenters. The minimum Gasteiger partial charge on any atom is -0.375 e. The van der Waals surface area contributed by atoms with Crippen LogP contribution >= 0.6 is 0 Å². The van der Waals surface area contributed by atoms with Crippen molar-refractivity contribution >= 4 is 6.03 Å². The van der Waals surface area contributed by atoms with Crippen molar-refractivity contribution in [1.29, 1.82) is 0 Å². The molecule has 38 heavy (non-hydrogen) atoms. The van der Waals surface area contributed by atoms with Gasteiger partial charge < -0.3 is 14.5 Å². The molecule has 0 bridgehead atoms. The zero-order valence-corrected chi connectivity index (χ0v) is 24.6. The second kappa shape index (κ2) is 11.9. The molecule has 0 unspecified atom stereocenters. The molecule has 1 heterocycles. The highest BCUT2D eigenvalue weighted by Crippen LogP contribution is 2.50. The third kappa shape index (κ3) is 5.52. The first-order chi connectivity index (χ1) is 18.4. The highest BCUT2D eigenvalue weighted by Gasteiger charge is 2.55. The first-order valence-corrected chi connectivity index (χ1v) is 15.9. The van der Waals surface area contributed by atoms with Gasteiger partial charge in [-0.1, -0.05) is 69.4 Å². The highest BCUT2D eigenvalue weighted by atomic mass is 16.5. The van der Waals surface area contributed by atoms with Crippen LogP contribution in [0.4, 0.5) is 4.79 Å². The Balaban J connectivity index is 1.32. The standard InChI is InChI=1S/C33H53N3O2/c1-4-5-25-38-32(17-10-7-11-18-32)23-24-35-27-31(36(30(35)37)26-28-13-12-14-28)19-21-33(22-20-31,34(2)3)29-15-8-6-9-16-29/h6,8-9,15-16,28H,4-5,7,10-14,17-27H2,1-3H3/t31-,33+. The van der Waals surface area contributed by atoms with E-state index in [1.807, 2.05) is 0 Å². The summed E-state index contributed by atoms with van der Waals surface area (Å²) >= 11 is 0. The summed E-state index contributed by atoms with van der Waals surface area (Å²) in [5, 5.41) is 0. The molecule has 3 saturated carbocycles. The van der Waals surface area contributed by atoms with Crippen molar-refractivity contribution < 1.29 is 9.53 Å². The lowest BCUT2D eigenvalue weighted by atomic mass is 9.68. The van der Waals surface area contributed by atoms with Gasteiger partial charge in [-0.3, -0.25) is 4.90 Å². The highest BCUT2D eigenvalue weighted by molar-refractivity contribution is 5.78. The summed E-state index contributed by atoms with van der Waals surface area (Å²) in [7, 11) is 4.48. The van der Waals surface area contributed by atoms with Gasteiger partial charge >= 0.3 is 6.03 Å². The molecule has 5 nitrogen and oxygen atoms in total. The Labute approximate surface area is 232 Å². The topological polar surface area (TPSA) is 36.0 Å². The van der Waals surface area contributed by atoms with Gasteiger partial charge in [-0.25, -0.2) is 4.79 Å². The van der Waals surface area contributed by atoms with Crippen molar-refractivity contribution in [3.63, 3.8) is 0 Å². The van der Waals surface area contributed by atoms with E-state index in [9.17, 15) is 4.79 Å². The maximum absolute atomic E-state index is 14.1. The van der Waals surface area contributed by atoms with Crippen molar-refractivity contribution in [1.82, 2.24) is 14.7 Å². The van der Waals surface area contributed by atoms with Crippen molar-refractivity contribution in [2.24, 2.45) is 5.92 Å². The van der Waals surface area contributed by atoms with Crippen LogP contribution in [0, 0.1) is 5.92 Å². The van der Waals surface area contributed by atoms with Gasteiger partial charge in [-0.05, 0) is 89.8 Å². The third-order valence-corrected chi connectivity index (χ3v) is 10.9. The number of carbonyl (C=O) groups is 1. The molecular formula is C33H53N3O2. The molecule has 1 aromatic rings. The number of hydrogen-bond acceptors (Lipinski definition) is 3. The first-order valence-electron chi connectivity index (χ1n) is 15.9. The van der Waals surface area contributed by atoms with E-state index in [1.54, 1.807) is 0 Å². The van der Waals surface area contributed by atoms with E-state index in [1.165, 1.54) is 50.5 Å². The van der Waals surface area contributed by atoms with Crippen LogP contribution in [0.15, 0.2) is 30.3 Å². The van der Waals surface area contributed by atoms with Crippen molar-refractivity contribution in [3.05, 3.63) is 35.9 Å². The second-order valence-electron chi connectivity index (χ2n) is 13.3. The summed E-state index contributed by atoms with van der Waals surface area (Å²) in [6.07, 6.45) is 17.8. The van der Waals surface area contributed by atoms with Crippen LogP contribution in [0.5, 0.6) is 0 Å². The molecule has 0 N–H and O–H groups in total. The Hall–Kier alpha value is -1.59. The molecule has 1 saturated heterocycles. The zero-order chi connectivity index (χ0) is 26.6.